The van der Waals surface area contributed by atoms with E-state index in [9.17, 15) is 0 Å². The zero-order valence-electron chi connectivity index (χ0n) is 18.8. The van der Waals surface area contributed by atoms with Gasteiger partial charge in [0.25, 0.3) is 0 Å². The summed E-state index contributed by atoms with van der Waals surface area (Å²) in [6, 6.07) is 9.09. The van der Waals surface area contributed by atoms with E-state index in [2.05, 4.69) is 72.0 Å². The Morgan fingerprint density at radius 1 is 1.13 bits per heavy atom. The van der Waals surface area contributed by atoms with Gasteiger partial charge in [0.1, 0.15) is 5.82 Å². The lowest BCUT2D eigenvalue weighted by Gasteiger charge is -2.33. The number of rotatable bonds is 7. The topological polar surface area (TPSA) is 59.0 Å². The maximum absolute atomic E-state index is 4.60. The molecule has 7 nitrogen and oxygen atoms in total. The molecule has 168 valence electrons. The van der Waals surface area contributed by atoms with E-state index < -0.39 is 0 Å². The van der Waals surface area contributed by atoms with Crippen molar-refractivity contribution in [1.29, 1.82) is 0 Å². The lowest BCUT2D eigenvalue weighted by molar-refractivity contribution is 0.249. The van der Waals surface area contributed by atoms with Gasteiger partial charge in [-0.25, -0.2) is 4.98 Å². The van der Waals surface area contributed by atoms with E-state index in [4.69, 9.17) is 0 Å². The average molecular weight is 442 g/mol. The highest BCUT2D eigenvalue weighted by atomic mass is 32.1. The second-order valence-corrected chi connectivity index (χ2v) is 9.37. The summed E-state index contributed by atoms with van der Waals surface area (Å²) in [5.74, 6) is 1.92. The second kappa shape index (κ2) is 10.9. The molecule has 0 aliphatic carbocycles. The zero-order chi connectivity index (χ0) is 21.5. The Kier molecular flexibility index (Phi) is 7.77. The van der Waals surface area contributed by atoms with Gasteiger partial charge in [-0.2, -0.15) is 0 Å². The number of piperazine rings is 1. The molecule has 2 aromatic heterocycles. The minimum absolute atomic E-state index is 0.408. The average Bonchev–Trinajstić information content (AvgIpc) is 3.52. The van der Waals surface area contributed by atoms with Crippen molar-refractivity contribution in [2.45, 2.75) is 25.4 Å². The van der Waals surface area contributed by atoms with E-state index in [0.29, 0.717) is 6.04 Å². The van der Waals surface area contributed by atoms with Crippen LogP contribution < -0.4 is 15.5 Å². The van der Waals surface area contributed by atoms with Crippen molar-refractivity contribution in [3.05, 3.63) is 46.3 Å². The van der Waals surface area contributed by atoms with Crippen molar-refractivity contribution in [2.24, 2.45) is 4.99 Å². The molecule has 8 heteroatoms. The minimum Gasteiger partial charge on any atom is -0.354 e. The van der Waals surface area contributed by atoms with Gasteiger partial charge in [0.15, 0.2) is 5.96 Å². The second-order valence-electron chi connectivity index (χ2n) is 8.39. The van der Waals surface area contributed by atoms with Crippen molar-refractivity contribution >= 4 is 23.1 Å². The van der Waals surface area contributed by atoms with Gasteiger partial charge in [0.05, 0.1) is 6.04 Å². The van der Waals surface area contributed by atoms with Crippen LogP contribution in [0.5, 0.6) is 0 Å². The molecule has 1 unspecified atom stereocenters. The number of likely N-dealkylation sites (tertiary alicyclic amines) is 1. The van der Waals surface area contributed by atoms with E-state index in [0.717, 1.165) is 51.0 Å². The summed E-state index contributed by atoms with van der Waals surface area (Å²) < 4.78 is 0. The van der Waals surface area contributed by atoms with Crippen molar-refractivity contribution < 1.29 is 0 Å². The van der Waals surface area contributed by atoms with Crippen molar-refractivity contribution in [1.82, 2.24) is 25.4 Å². The number of pyridine rings is 1. The van der Waals surface area contributed by atoms with Crippen LogP contribution in [0.1, 0.15) is 29.3 Å². The zero-order valence-corrected chi connectivity index (χ0v) is 19.6. The van der Waals surface area contributed by atoms with Gasteiger partial charge in [-0.3, -0.25) is 9.89 Å². The highest BCUT2D eigenvalue weighted by Gasteiger charge is 2.24. The molecule has 0 bridgehead atoms. The van der Waals surface area contributed by atoms with Gasteiger partial charge >= 0.3 is 0 Å². The minimum atomic E-state index is 0.408. The van der Waals surface area contributed by atoms with Gasteiger partial charge in [0, 0.05) is 57.4 Å². The Morgan fingerprint density at radius 2 is 1.94 bits per heavy atom. The summed E-state index contributed by atoms with van der Waals surface area (Å²) in [6.45, 7) is 8.20. The van der Waals surface area contributed by atoms with Gasteiger partial charge in [-0.15, -0.1) is 11.3 Å². The Balaban J connectivity index is 1.32. The van der Waals surface area contributed by atoms with Gasteiger partial charge in [-0.05, 0) is 62.1 Å². The number of aromatic nitrogens is 1. The summed E-state index contributed by atoms with van der Waals surface area (Å²) in [5.41, 5.74) is 1.22. The fourth-order valence-electron chi connectivity index (χ4n) is 4.32. The molecule has 2 aromatic rings. The molecule has 4 rings (SSSR count). The Bertz CT molecular complexity index is 824. The Morgan fingerprint density at radius 3 is 2.65 bits per heavy atom. The molecule has 31 heavy (non-hydrogen) atoms. The van der Waals surface area contributed by atoms with E-state index in [1.54, 1.807) is 0 Å². The molecule has 0 spiro atoms. The molecular formula is C23H35N7S. The number of nitrogens with one attached hydrogen (secondary N) is 2. The third-order valence-electron chi connectivity index (χ3n) is 6.24. The van der Waals surface area contributed by atoms with E-state index in [1.165, 1.54) is 36.4 Å². The molecular weight excluding hydrogens is 406 g/mol. The van der Waals surface area contributed by atoms with E-state index >= 15 is 0 Å². The Labute approximate surface area is 190 Å². The van der Waals surface area contributed by atoms with Crippen LogP contribution in [0.2, 0.25) is 0 Å². The molecule has 0 radical (unpaired) electrons. The van der Waals surface area contributed by atoms with Crippen molar-refractivity contribution in [3.63, 3.8) is 0 Å². The first-order valence-corrected chi connectivity index (χ1v) is 12.2. The first-order chi connectivity index (χ1) is 15.2. The van der Waals surface area contributed by atoms with Crippen LogP contribution in [0.4, 0.5) is 5.82 Å². The van der Waals surface area contributed by atoms with Crippen LogP contribution in [-0.4, -0.2) is 80.7 Å². The SMILES string of the molecule is CN=C(NCc1ccnc(N2CCN(C)CC2)c1)NCC(c1cccs1)N1CCCC1. The molecule has 0 aromatic carbocycles. The molecule has 2 fully saturated rings. The van der Waals surface area contributed by atoms with Crippen molar-refractivity contribution in [2.75, 3.05) is 64.8 Å². The molecule has 2 aliphatic heterocycles. The predicted octanol–water partition coefficient (Wildman–Crippen LogP) is 2.40. The molecule has 1 atom stereocenters. The number of hydrogen-bond donors (Lipinski definition) is 2. The smallest absolute Gasteiger partial charge is 0.191 e. The number of aliphatic imine (C=N–C) groups is 1. The van der Waals surface area contributed by atoms with Crippen LogP contribution in [0.25, 0.3) is 0 Å². The predicted molar refractivity (Wildman–Crippen MR) is 130 cm³/mol. The first kappa shape index (κ1) is 22.0. The van der Waals surface area contributed by atoms with Gasteiger partial charge in [0.2, 0.25) is 0 Å². The molecule has 4 heterocycles. The number of anilines is 1. The monoisotopic (exact) mass is 441 g/mol. The van der Waals surface area contributed by atoms with Crippen LogP contribution in [-0.2, 0) is 6.54 Å². The number of likely N-dealkylation sites (N-methyl/N-ethyl adjacent to an activating group) is 1. The lowest BCUT2D eigenvalue weighted by Crippen LogP contribution is -2.45. The van der Waals surface area contributed by atoms with Crippen LogP contribution >= 0.6 is 11.3 Å². The third-order valence-corrected chi connectivity index (χ3v) is 7.21. The Hall–Kier alpha value is -2.16. The number of thiophene rings is 1. The normalized spacial score (nSPS) is 19.5. The number of guanidine groups is 1. The number of hydrogen-bond acceptors (Lipinski definition) is 6. The third kappa shape index (κ3) is 5.96. The van der Waals surface area contributed by atoms with Crippen LogP contribution in [0, 0.1) is 0 Å². The number of nitrogens with zero attached hydrogens (tertiary/aromatic N) is 5. The summed E-state index contributed by atoms with van der Waals surface area (Å²) in [4.78, 5) is 17.8. The fraction of sp³-hybridized carbons (Fsp3) is 0.565. The summed E-state index contributed by atoms with van der Waals surface area (Å²) in [5, 5.41) is 9.22. The van der Waals surface area contributed by atoms with Gasteiger partial charge < -0.3 is 20.4 Å². The molecule has 2 saturated heterocycles. The summed E-state index contributed by atoms with van der Waals surface area (Å²) in [6.07, 6.45) is 4.51. The largest absolute Gasteiger partial charge is 0.354 e. The first-order valence-electron chi connectivity index (χ1n) is 11.3. The highest BCUT2D eigenvalue weighted by molar-refractivity contribution is 7.10. The maximum Gasteiger partial charge on any atom is 0.191 e. The molecule has 2 N–H and O–H groups in total. The lowest BCUT2D eigenvalue weighted by atomic mass is 10.2. The standard InChI is InChI=1S/C23H35N7S/c1-24-23(27-18-20(21-6-5-15-31-21)29-9-3-4-10-29)26-17-19-7-8-25-22(16-19)30-13-11-28(2)12-14-30/h5-8,15-16,20H,3-4,9-14,17-18H2,1-2H3,(H2,24,26,27). The van der Waals surface area contributed by atoms with Gasteiger partial charge in [-0.1, -0.05) is 6.07 Å². The highest BCUT2D eigenvalue weighted by Crippen LogP contribution is 2.27. The quantitative estimate of drug-likeness (QED) is 0.508. The summed E-state index contributed by atoms with van der Waals surface area (Å²) >= 11 is 1.85. The molecule has 0 amide bonds. The maximum atomic E-state index is 4.60. The summed E-state index contributed by atoms with van der Waals surface area (Å²) in [7, 11) is 4.02. The van der Waals surface area contributed by atoms with Crippen LogP contribution in [0.3, 0.4) is 0 Å². The molecule has 2 aliphatic rings. The van der Waals surface area contributed by atoms with E-state index in [-0.39, 0.29) is 0 Å². The molecule has 0 saturated carbocycles. The van der Waals surface area contributed by atoms with E-state index in [1.807, 2.05) is 24.6 Å². The van der Waals surface area contributed by atoms with Crippen LogP contribution in [0.15, 0.2) is 40.8 Å². The van der Waals surface area contributed by atoms with Crippen molar-refractivity contribution in [3.8, 4) is 0 Å². The fourth-order valence-corrected chi connectivity index (χ4v) is 5.18.